The summed E-state index contributed by atoms with van der Waals surface area (Å²) in [6.07, 6.45) is 0. The van der Waals surface area contributed by atoms with Crippen molar-refractivity contribution in [2.45, 2.75) is 6.54 Å². The number of azide groups is 1. The van der Waals surface area contributed by atoms with Crippen molar-refractivity contribution in [3.63, 3.8) is 0 Å². The molecule has 1 aromatic carbocycles. The maximum Gasteiger partial charge on any atom is 0.107 e. The summed E-state index contributed by atoms with van der Waals surface area (Å²) in [6.45, 7) is 0.910. The second kappa shape index (κ2) is 4.34. The molecule has 0 unspecified atom stereocenters. The molecule has 0 bridgehead atoms. The fourth-order valence-electron chi connectivity index (χ4n) is 1.28. The highest BCUT2D eigenvalue weighted by Crippen LogP contribution is 2.10. The molecule has 1 aromatic rings. The van der Waals surface area contributed by atoms with Crippen LogP contribution in [0.3, 0.4) is 0 Å². The Morgan fingerprint density at radius 3 is 2.73 bits per heavy atom. The van der Waals surface area contributed by atoms with Gasteiger partial charge in [-0.2, -0.15) is 5.11 Å². The van der Waals surface area contributed by atoms with Crippen LogP contribution in [0.15, 0.2) is 44.8 Å². The van der Waals surface area contributed by atoms with Gasteiger partial charge in [-0.05, 0) is 21.9 Å². The van der Waals surface area contributed by atoms with Crippen LogP contribution in [0.1, 0.15) is 11.1 Å². The highest BCUT2D eigenvalue weighted by atomic mass is 15.4. The molecule has 0 amide bonds. The number of benzene rings is 1. The first kappa shape index (κ1) is 9.36. The van der Waals surface area contributed by atoms with Gasteiger partial charge in [0.1, 0.15) is 6.54 Å². The summed E-state index contributed by atoms with van der Waals surface area (Å²) in [5.41, 5.74) is 11.0. The fraction of sp³-hybridized carbons (Fsp3) is 0.222. The van der Waals surface area contributed by atoms with Crippen molar-refractivity contribution in [1.29, 1.82) is 0 Å². The molecule has 0 saturated heterocycles. The molecule has 0 atom stereocenters. The standard InChI is InChI=1S/C9H8N6/c10-14-11-5-7-1-3-8(4-2-7)9-6-12-15-13-9/h1-4H,5-6H2. The lowest BCUT2D eigenvalue weighted by atomic mass is 10.1. The highest BCUT2D eigenvalue weighted by Gasteiger charge is 2.06. The monoisotopic (exact) mass is 200 g/mol. The van der Waals surface area contributed by atoms with Gasteiger partial charge in [-0.3, -0.25) is 0 Å². The van der Waals surface area contributed by atoms with Crippen LogP contribution < -0.4 is 0 Å². The van der Waals surface area contributed by atoms with Crippen LogP contribution in [0, 0.1) is 0 Å². The van der Waals surface area contributed by atoms with Crippen LogP contribution in [0.25, 0.3) is 10.4 Å². The smallest absolute Gasteiger partial charge is 0.107 e. The lowest BCUT2D eigenvalue weighted by molar-refractivity contribution is 1.05. The molecule has 15 heavy (non-hydrogen) atoms. The van der Waals surface area contributed by atoms with E-state index >= 15 is 0 Å². The Kier molecular flexibility index (Phi) is 2.71. The minimum Gasteiger partial charge on any atom is -0.162 e. The van der Waals surface area contributed by atoms with E-state index in [1.165, 1.54) is 0 Å². The first-order valence-electron chi connectivity index (χ1n) is 4.43. The Morgan fingerprint density at radius 2 is 2.13 bits per heavy atom. The van der Waals surface area contributed by atoms with Crippen molar-refractivity contribution in [3.8, 4) is 0 Å². The van der Waals surface area contributed by atoms with Crippen LogP contribution in [-0.4, -0.2) is 12.3 Å². The molecular formula is C9H8N6. The van der Waals surface area contributed by atoms with Crippen LogP contribution in [-0.2, 0) is 6.54 Å². The third-order valence-corrected chi connectivity index (χ3v) is 2.05. The van der Waals surface area contributed by atoms with E-state index in [-0.39, 0.29) is 0 Å². The number of nitrogens with zero attached hydrogens (tertiary/aromatic N) is 6. The zero-order valence-corrected chi connectivity index (χ0v) is 7.91. The van der Waals surface area contributed by atoms with Gasteiger partial charge in [0.15, 0.2) is 0 Å². The first-order chi connectivity index (χ1) is 7.40. The van der Waals surface area contributed by atoms with E-state index < -0.39 is 0 Å². The second-order valence-corrected chi connectivity index (χ2v) is 3.02. The summed E-state index contributed by atoms with van der Waals surface area (Å²) >= 11 is 0. The maximum absolute atomic E-state index is 8.17. The average Bonchev–Trinajstić information content (AvgIpc) is 2.80. The van der Waals surface area contributed by atoms with Crippen LogP contribution >= 0.6 is 0 Å². The van der Waals surface area contributed by atoms with Crippen LogP contribution in [0.2, 0.25) is 0 Å². The van der Waals surface area contributed by atoms with Crippen molar-refractivity contribution in [2.75, 3.05) is 6.54 Å². The normalized spacial score (nSPS) is 13.5. The molecule has 6 heteroatoms. The quantitative estimate of drug-likeness (QED) is 0.408. The van der Waals surface area contributed by atoms with Gasteiger partial charge < -0.3 is 0 Å². The van der Waals surface area contributed by atoms with Crippen molar-refractivity contribution in [2.24, 2.45) is 20.6 Å². The highest BCUT2D eigenvalue weighted by molar-refractivity contribution is 6.02. The Hall–Kier alpha value is -2.20. The molecule has 0 spiro atoms. The minimum absolute atomic E-state index is 0.373. The second-order valence-electron chi connectivity index (χ2n) is 3.02. The summed E-state index contributed by atoms with van der Waals surface area (Å²) < 4.78 is 0. The Balaban J connectivity index is 2.13. The number of hydrogen-bond donors (Lipinski definition) is 0. The molecule has 0 N–H and O–H groups in total. The van der Waals surface area contributed by atoms with E-state index in [0.29, 0.717) is 13.1 Å². The molecule has 0 radical (unpaired) electrons. The SMILES string of the molecule is [N-]=[N+]=NCc1ccc(C2=NN=NC2)cc1. The van der Waals surface area contributed by atoms with Gasteiger partial charge in [0.2, 0.25) is 0 Å². The fourth-order valence-corrected chi connectivity index (χ4v) is 1.28. The lowest BCUT2D eigenvalue weighted by Crippen LogP contribution is -2.01. The van der Waals surface area contributed by atoms with Gasteiger partial charge in [0, 0.05) is 4.91 Å². The molecule has 0 aromatic heterocycles. The van der Waals surface area contributed by atoms with Crippen LogP contribution in [0.4, 0.5) is 0 Å². The zero-order valence-electron chi connectivity index (χ0n) is 7.91. The molecule has 74 valence electrons. The summed E-state index contributed by atoms with van der Waals surface area (Å²) in [6, 6.07) is 7.67. The third kappa shape index (κ3) is 2.18. The molecule has 0 aliphatic carbocycles. The minimum atomic E-state index is 0.373. The Bertz CT molecular complexity index is 452. The Labute approximate surface area is 86.0 Å². The summed E-state index contributed by atoms with van der Waals surface area (Å²) in [4.78, 5) is 2.70. The summed E-state index contributed by atoms with van der Waals surface area (Å²) in [7, 11) is 0. The average molecular weight is 200 g/mol. The maximum atomic E-state index is 8.17. The predicted octanol–water partition coefficient (Wildman–Crippen LogP) is 2.67. The van der Waals surface area contributed by atoms with Gasteiger partial charge in [0.25, 0.3) is 0 Å². The molecule has 2 rings (SSSR count). The molecule has 1 heterocycles. The molecule has 1 aliphatic heterocycles. The van der Waals surface area contributed by atoms with Crippen molar-refractivity contribution < 1.29 is 0 Å². The van der Waals surface area contributed by atoms with Crippen molar-refractivity contribution >= 4 is 5.71 Å². The lowest BCUT2D eigenvalue weighted by Gasteiger charge is -1.99. The first-order valence-corrected chi connectivity index (χ1v) is 4.43. The van der Waals surface area contributed by atoms with Gasteiger partial charge in [-0.15, -0.1) is 5.10 Å². The summed E-state index contributed by atoms with van der Waals surface area (Å²) in [5, 5.41) is 14.7. The predicted molar refractivity (Wildman–Crippen MR) is 55.6 cm³/mol. The van der Waals surface area contributed by atoms with Gasteiger partial charge in [-0.1, -0.05) is 29.4 Å². The van der Waals surface area contributed by atoms with Crippen LogP contribution in [0.5, 0.6) is 0 Å². The van der Waals surface area contributed by atoms with Crippen molar-refractivity contribution in [1.82, 2.24) is 0 Å². The van der Waals surface area contributed by atoms with Gasteiger partial charge >= 0.3 is 0 Å². The molecule has 1 aliphatic rings. The summed E-state index contributed by atoms with van der Waals surface area (Å²) in [5.74, 6) is 0. The van der Waals surface area contributed by atoms with Gasteiger partial charge in [-0.25, -0.2) is 0 Å². The third-order valence-electron chi connectivity index (χ3n) is 2.05. The van der Waals surface area contributed by atoms with E-state index in [1.807, 2.05) is 24.3 Å². The number of hydrogen-bond acceptors (Lipinski definition) is 4. The van der Waals surface area contributed by atoms with Gasteiger partial charge in [0.05, 0.1) is 12.3 Å². The van der Waals surface area contributed by atoms with E-state index in [4.69, 9.17) is 5.53 Å². The van der Waals surface area contributed by atoms with E-state index in [1.54, 1.807) is 0 Å². The number of rotatable bonds is 3. The Morgan fingerprint density at radius 1 is 1.33 bits per heavy atom. The molecular weight excluding hydrogens is 192 g/mol. The largest absolute Gasteiger partial charge is 0.162 e. The van der Waals surface area contributed by atoms with E-state index in [0.717, 1.165) is 16.8 Å². The van der Waals surface area contributed by atoms with E-state index in [2.05, 4.69) is 25.5 Å². The molecule has 0 saturated carbocycles. The van der Waals surface area contributed by atoms with Crippen molar-refractivity contribution in [3.05, 3.63) is 45.8 Å². The zero-order chi connectivity index (χ0) is 10.5. The molecule has 6 nitrogen and oxygen atoms in total. The topological polar surface area (TPSA) is 85.8 Å². The van der Waals surface area contributed by atoms with E-state index in [9.17, 15) is 0 Å². The molecule has 0 fully saturated rings.